The van der Waals surface area contributed by atoms with Gasteiger partial charge >= 0.3 is 0 Å². The molecule has 1 saturated heterocycles. The van der Waals surface area contributed by atoms with Gasteiger partial charge in [-0.2, -0.15) is 11.8 Å². The molecule has 0 aromatic heterocycles. The minimum Gasteiger partial charge on any atom is -0.493 e. The van der Waals surface area contributed by atoms with Crippen LogP contribution in [0.15, 0.2) is 23.2 Å². The molecule has 134 valence electrons. The highest BCUT2D eigenvalue weighted by atomic mass is 32.2. The summed E-state index contributed by atoms with van der Waals surface area (Å²) in [5, 5.41) is 7.42. The van der Waals surface area contributed by atoms with Crippen LogP contribution in [0.1, 0.15) is 25.3 Å². The standard InChI is InChI=1S/C18H29N3O2S/c1-4-19-18(21-13-15-6-5-11-24-15)20-10-9-14-7-8-16(22-2)17(12-14)23-3/h7-8,12,15H,4-6,9-11,13H2,1-3H3,(H2,19,20,21). The van der Waals surface area contributed by atoms with Crippen molar-refractivity contribution in [2.24, 2.45) is 4.99 Å². The van der Waals surface area contributed by atoms with E-state index < -0.39 is 0 Å². The van der Waals surface area contributed by atoms with Crippen molar-refractivity contribution in [2.45, 2.75) is 31.4 Å². The molecule has 0 radical (unpaired) electrons. The molecule has 0 amide bonds. The molecule has 0 bridgehead atoms. The van der Waals surface area contributed by atoms with E-state index in [-0.39, 0.29) is 0 Å². The Morgan fingerprint density at radius 3 is 2.75 bits per heavy atom. The van der Waals surface area contributed by atoms with E-state index in [1.54, 1.807) is 14.2 Å². The summed E-state index contributed by atoms with van der Waals surface area (Å²) in [4.78, 5) is 4.72. The molecule has 2 N–H and O–H groups in total. The summed E-state index contributed by atoms with van der Waals surface area (Å²) in [7, 11) is 3.32. The number of nitrogens with one attached hydrogen (secondary N) is 2. The number of guanidine groups is 1. The molecule has 1 atom stereocenters. The van der Waals surface area contributed by atoms with Gasteiger partial charge in [0, 0.05) is 18.3 Å². The zero-order chi connectivity index (χ0) is 17.2. The Bertz CT molecular complexity index is 531. The van der Waals surface area contributed by atoms with E-state index in [0.717, 1.165) is 43.5 Å². The summed E-state index contributed by atoms with van der Waals surface area (Å²) in [6.07, 6.45) is 3.52. The fourth-order valence-electron chi connectivity index (χ4n) is 2.68. The quantitative estimate of drug-likeness (QED) is 0.557. The Morgan fingerprint density at radius 1 is 1.25 bits per heavy atom. The third kappa shape index (κ3) is 5.82. The molecule has 0 spiro atoms. The van der Waals surface area contributed by atoms with Crippen LogP contribution in [0.25, 0.3) is 0 Å². The van der Waals surface area contributed by atoms with Crippen molar-refractivity contribution in [3.05, 3.63) is 23.8 Å². The van der Waals surface area contributed by atoms with Crippen molar-refractivity contribution < 1.29 is 9.47 Å². The largest absolute Gasteiger partial charge is 0.493 e. The van der Waals surface area contributed by atoms with Crippen molar-refractivity contribution in [3.8, 4) is 11.5 Å². The second-order valence-corrected chi connectivity index (χ2v) is 7.13. The Kier molecular flexibility index (Phi) is 8.08. The molecular weight excluding hydrogens is 322 g/mol. The number of hydrogen-bond acceptors (Lipinski definition) is 4. The summed E-state index contributed by atoms with van der Waals surface area (Å²) >= 11 is 2.04. The minimum absolute atomic E-state index is 0.686. The summed E-state index contributed by atoms with van der Waals surface area (Å²) in [5.74, 6) is 3.72. The van der Waals surface area contributed by atoms with Gasteiger partial charge in [0.05, 0.1) is 20.8 Å². The predicted octanol–water partition coefficient (Wildman–Crippen LogP) is 2.70. The lowest BCUT2D eigenvalue weighted by molar-refractivity contribution is 0.354. The lowest BCUT2D eigenvalue weighted by Gasteiger charge is -2.13. The highest BCUT2D eigenvalue weighted by Gasteiger charge is 2.14. The lowest BCUT2D eigenvalue weighted by atomic mass is 10.1. The van der Waals surface area contributed by atoms with Gasteiger partial charge in [-0.3, -0.25) is 4.99 Å². The normalized spacial score (nSPS) is 17.6. The lowest BCUT2D eigenvalue weighted by Crippen LogP contribution is -2.38. The van der Waals surface area contributed by atoms with Gasteiger partial charge in [-0.15, -0.1) is 0 Å². The maximum Gasteiger partial charge on any atom is 0.191 e. The summed E-state index contributed by atoms with van der Waals surface area (Å²) in [6.45, 7) is 4.70. The van der Waals surface area contributed by atoms with Crippen LogP contribution in [0.5, 0.6) is 11.5 Å². The van der Waals surface area contributed by atoms with E-state index in [2.05, 4.69) is 23.6 Å². The Morgan fingerprint density at radius 2 is 2.08 bits per heavy atom. The van der Waals surface area contributed by atoms with Crippen LogP contribution < -0.4 is 20.1 Å². The van der Waals surface area contributed by atoms with E-state index in [1.807, 2.05) is 23.9 Å². The van der Waals surface area contributed by atoms with Crippen LogP contribution in [-0.2, 0) is 6.42 Å². The predicted molar refractivity (Wildman–Crippen MR) is 103 cm³/mol. The number of hydrogen-bond donors (Lipinski definition) is 2. The summed E-state index contributed by atoms with van der Waals surface area (Å²) in [6, 6.07) is 6.05. The van der Waals surface area contributed by atoms with Gasteiger partial charge in [-0.05, 0) is 49.6 Å². The molecule has 2 rings (SSSR count). The number of ether oxygens (including phenoxy) is 2. The number of thioether (sulfide) groups is 1. The van der Waals surface area contributed by atoms with Gasteiger partial charge < -0.3 is 20.1 Å². The van der Waals surface area contributed by atoms with Crippen LogP contribution in [0.3, 0.4) is 0 Å². The fourth-order valence-corrected chi connectivity index (χ4v) is 3.86. The Balaban J connectivity index is 1.84. The molecule has 5 nitrogen and oxygen atoms in total. The van der Waals surface area contributed by atoms with Crippen LogP contribution in [0.4, 0.5) is 0 Å². The number of nitrogens with zero attached hydrogens (tertiary/aromatic N) is 1. The van der Waals surface area contributed by atoms with Crippen molar-refractivity contribution in [3.63, 3.8) is 0 Å². The Hall–Kier alpha value is -1.56. The molecule has 1 aromatic carbocycles. The van der Waals surface area contributed by atoms with Crippen LogP contribution in [0.2, 0.25) is 0 Å². The van der Waals surface area contributed by atoms with E-state index in [4.69, 9.17) is 14.5 Å². The fraction of sp³-hybridized carbons (Fsp3) is 0.611. The second-order valence-electron chi connectivity index (χ2n) is 5.72. The minimum atomic E-state index is 0.686. The van der Waals surface area contributed by atoms with Gasteiger partial charge in [-0.1, -0.05) is 6.07 Å². The first kappa shape index (κ1) is 18.8. The zero-order valence-electron chi connectivity index (χ0n) is 14.9. The first-order valence-corrected chi connectivity index (χ1v) is 9.66. The molecule has 6 heteroatoms. The van der Waals surface area contributed by atoms with Gasteiger partial charge in [0.2, 0.25) is 0 Å². The maximum absolute atomic E-state index is 5.35. The molecule has 1 aliphatic rings. The zero-order valence-corrected chi connectivity index (χ0v) is 15.7. The average molecular weight is 352 g/mol. The number of aliphatic imine (C=N–C) groups is 1. The monoisotopic (exact) mass is 351 g/mol. The van der Waals surface area contributed by atoms with E-state index in [0.29, 0.717) is 5.25 Å². The number of rotatable bonds is 8. The topological polar surface area (TPSA) is 54.9 Å². The second kappa shape index (κ2) is 10.3. The maximum atomic E-state index is 5.35. The van der Waals surface area contributed by atoms with E-state index in [9.17, 15) is 0 Å². The van der Waals surface area contributed by atoms with Crippen LogP contribution in [0, 0.1) is 0 Å². The first-order valence-electron chi connectivity index (χ1n) is 8.61. The van der Waals surface area contributed by atoms with Gasteiger partial charge in [-0.25, -0.2) is 0 Å². The highest BCUT2D eigenvalue weighted by Crippen LogP contribution is 2.27. The first-order chi connectivity index (χ1) is 11.8. The van der Waals surface area contributed by atoms with Gasteiger partial charge in [0.15, 0.2) is 17.5 Å². The molecule has 1 heterocycles. The Labute approximate surface area is 149 Å². The number of benzene rings is 1. The molecule has 1 fully saturated rings. The van der Waals surface area contributed by atoms with Crippen molar-refractivity contribution in [2.75, 3.05) is 39.6 Å². The number of methoxy groups -OCH3 is 2. The molecule has 0 aliphatic carbocycles. The van der Waals surface area contributed by atoms with Crippen LogP contribution >= 0.6 is 11.8 Å². The molecule has 1 aliphatic heterocycles. The van der Waals surface area contributed by atoms with E-state index >= 15 is 0 Å². The summed E-state index contributed by atoms with van der Waals surface area (Å²) in [5.41, 5.74) is 1.21. The van der Waals surface area contributed by atoms with Crippen molar-refractivity contribution in [1.29, 1.82) is 0 Å². The molecule has 0 saturated carbocycles. The summed E-state index contributed by atoms with van der Waals surface area (Å²) < 4.78 is 10.6. The smallest absolute Gasteiger partial charge is 0.191 e. The van der Waals surface area contributed by atoms with Crippen molar-refractivity contribution >= 4 is 17.7 Å². The van der Waals surface area contributed by atoms with Crippen molar-refractivity contribution in [1.82, 2.24) is 10.6 Å². The van der Waals surface area contributed by atoms with Gasteiger partial charge in [0.25, 0.3) is 0 Å². The van der Waals surface area contributed by atoms with E-state index in [1.165, 1.54) is 24.2 Å². The SMILES string of the molecule is CCNC(=NCC1CCCS1)NCCc1ccc(OC)c(OC)c1. The molecular formula is C18H29N3O2S. The molecule has 1 aromatic rings. The molecule has 1 unspecified atom stereocenters. The molecule has 24 heavy (non-hydrogen) atoms. The van der Waals surface area contributed by atoms with Crippen LogP contribution in [-0.4, -0.2) is 50.8 Å². The highest BCUT2D eigenvalue weighted by molar-refractivity contribution is 8.00. The van der Waals surface area contributed by atoms with Gasteiger partial charge in [0.1, 0.15) is 0 Å². The third-order valence-electron chi connectivity index (χ3n) is 3.98. The third-order valence-corrected chi connectivity index (χ3v) is 5.36. The average Bonchev–Trinajstić information content (AvgIpc) is 3.13.